The van der Waals surface area contributed by atoms with Crippen molar-refractivity contribution in [1.82, 2.24) is 4.57 Å². The van der Waals surface area contributed by atoms with E-state index in [1.54, 1.807) is 6.07 Å². The van der Waals surface area contributed by atoms with Crippen LogP contribution in [0.4, 0.5) is 5.69 Å². The van der Waals surface area contributed by atoms with Crippen LogP contribution in [-0.2, 0) is 0 Å². The minimum absolute atomic E-state index is 0.0428. The van der Waals surface area contributed by atoms with Crippen LogP contribution in [0.15, 0.2) is 59.5 Å². The molecule has 2 aromatic carbocycles. The number of pyridine rings is 1. The van der Waals surface area contributed by atoms with Gasteiger partial charge in [-0.05, 0) is 30.3 Å². The number of nitrogens with zero attached hydrogens (tertiary/aromatic N) is 1. The summed E-state index contributed by atoms with van der Waals surface area (Å²) >= 11 is 0. The van der Waals surface area contributed by atoms with E-state index in [0.29, 0.717) is 6.61 Å². The average Bonchev–Trinajstić information content (AvgIpc) is 2.55. The monoisotopic (exact) mass is 278 g/mol. The third-order valence-electron chi connectivity index (χ3n) is 3.72. The van der Waals surface area contributed by atoms with E-state index in [2.05, 4.69) is 5.32 Å². The van der Waals surface area contributed by atoms with Gasteiger partial charge in [-0.1, -0.05) is 12.1 Å². The molecule has 0 unspecified atom stereocenters. The molecule has 104 valence electrons. The number of ether oxygens (including phenoxy) is 1. The minimum Gasteiger partial charge on any atom is -0.490 e. The Kier molecular flexibility index (Phi) is 2.67. The molecule has 0 amide bonds. The molecule has 3 aromatic rings. The fourth-order valence-corrected chi connectivity index (χ4v) is 2.71. The highest BCUT2D eigenvalue weighted by atomic mass is 16.5. The van der Waals surface area contributed by atoms with Crippen LogP contribution in [-0.4, -0.2) is 17.7 Å². The van der Waals surface area contributed by atoms with Crippen molar-refractivity contribution >= 4 is 16.6 Å². The molecule has 0 radical (unpaired) electrons. The molecule has 1 aliphatic heterocycles. The number of rotatable bonds is 1. The van der Waals surface area contributed by atoms with E-state index in [4.69, 9.17) is 4.74 Å². The van der Waals surface area contributed by atoms with Crippen LogP contribution in [0.2, 0.25) is 0 Å². The van der Waals surface area contributed by atoms with E-state index in [-0.39, 0.29) is 5.43 Å². The zero-order valence-corrected chi connectivity index (χ0v) is 11.4. The number of fused-ring (bicyclic) bond motifs is 2. The molecule has 0 aliphatic carbocycles. The number of benzene rings is 2. The molecule has 0 bridgehead atoms. The largest absolute Gasteiger partial charge is 0.490 e. The SMILES string of the molecule is O=c1ccn(-c2ccc3c(c2)NCCO3)c2ccccc12. The summed E-state index contributed by atoms with van der Waals surface area (Å²) < 4.78 is 7.62. The Hall–Kier alpha value is -2.75. The Bertz CT molecular complexity index is 883. The van der Waals surface area contributed by atoms with Gasteiger partial charge in [0.2, 0.25) is 0 Å². The highest BCUT2D eigenvalue weighted by molar-refractivity contribution is 5.80. The molecule has 1 N–H and O–H groups in total. The van der Waals surface area contributed by atoms with Gasteiger partial charge in [0.05, 0.1) is 11.2 Å². The average molecular weight is 278 g/mol. The molecule has 0 saturated heterocycles. The molecular formula is C17H14N2O2. The lowest BCUT2D eigenvalue weighted by Crippen LogP contribution is -2.18. The molecule has 0 atom stereocenters. The van der Waals surface area contributed by atoms with Crippen molar-refractivity contribution in [2.45, 2.75) is 0 Å². The van der Waals surface area contributed by atoms with Gasteiger partial charge in [-0.15, -0.1) is 0 Å². The lowest BCUT2D eigenvalue weighted by atomic mass is 10.2. The van der Waals surface area contributed by atoms with Crippen molar-refractivity contribution in [3.63, 3.8) is 0 Å². The maximum atomic E-state index is 11.9. The Morgan fingerprint density at radius 1 is 1.10 bits per heavy atom. The van der Waals surface area contributed by atoms with Crippen LogP contribution in [0.25, 0.3) is 16.6 Å². The summed E-state index contributed by atoms with van der Waals surface area (Å²) in [5, 5.41) is 4.06. The fraction of sp³-hybridized carbons (Fsp3) is 0.118. The number of para-hydroxylation sites is 1. The topological polar surface area (TPSA) is 43.3 Å². The summed E-state index contributed by atoms with van der Waals surface area (Å²) in [7, 11) is 0. The van der Waals surface area contributed by atoms with Crippen molar-refractivity contribution < 1.29 is 4.74 Å². The zero-order chi connectivity index (χ0) is 14.2. The van der Waals surface area contributed by atoms with Gasteiger partial charge in [-0.2, -0.15) is 0 Å². The number of hydrogen-bond donors (Lipinski definition) is 1. The second-order valence-corrected chi connectivity index (χ2v) is 5.02. The first-order valence-electron chi connectivity index (χ1n) is 6.94. The molecule has 0 spiro atoms. The predicted octanol–water partition coefficient (Wildman–Crippen LogP) is 2.80. The van der Waals surface area contributed by atoms with E-state index < -0.39 is 0 Å². The van der Waals surface area contributed by atoms with Crippen LogP contribution < -0.4 is 15.5 Å². The molecule has 21 heavy (non-hydrogen) atoms. The number of anilines is 1. The quantitative estimate of drug-likeness (QED) is 0.744. The molecule has 1 aliphatic rings. The fourth-order valence-electron chi connectivity index (χ4n) is 2.71. The van der Waals surface area contributed by atoms with Gasteiger partial charge >= 0.3 is 0 Å². The van der Waals surface area contributed by atoms with Crippen LogP contribution in [0.5, 0.6) is 5.75 Å². The minimum atomic E-state index is 0.0428. The smallest absolute Gasteiger partial charge is 0.189 e. The van der Waals surface area contributed by atoms with Crippen molar-refractivity contribution in [1.29, 1.82) is 0 Å². The molecule has 4 rings (SSSR count). The van der Waals surface area contributed by atoms with Crippen molar-refractivity contribution in [2.75, 3.05) is 18.5 Å². The van der Waals surface area contributed by atoms with Crippen molar-refractivity contribution in [3.8, 4) is 11.4 Å². The van der Waals surface area contributed by atoms with Crippen molar-refractivity contribution in [2.24, 2.45) is 0 Å². The van der Waals surface area contributed by atoms with Gasteiger partial charge in [-0.3, -0.25) is 4.79 Å². The first-order chi connectivity index (χ1) is 10.3. The van der Waals surface area contributed by atoms with Crippen LogP contribution in [0.3, 0.4) is 0 Å². The van der Waals surface area contributed by atoms with E-state index in [1.165, 1.54) is 0 Å². The normalized spacial score (nSPS) is 13.3. The summed E-state index contributed by atoms with van der Waals surface area (Å²) in [5.41, 5.74) is 2.94. The Labute approximate surface area is 121 Å². The lowest BCUT2D eigenvalue weighted by molar-refractivity contribution is 0.323. The van der Waals surface area contributed by atoms with E-state index in [9.17, 15) is 4.79 Å². The molecule has 4 nitrogen and oxygen atoms in total. The zero-order valence-electron chi connectivity index (χ0n) is 11.4. The number of nitrogens with one attached hydrogen (secondary N) is 1. The molecular weight excluding hydrogens is 264 g/mol. The summed E-state index contributed by atoms with van der Waals surface area (Å²) in [6.07, 6.45) is 1.82. The highest BCUT2D eigenvalue weighted by Crippen LogP contribution is 2.30. The maximum Gasteiger partial charge on any atom is 0.189 e. The Morgan fingerprint density at radius 2 is 2.00 bits per heavy atom. The molecule has 1 aromatic heterocycles. The Balaban J connectivity index is 1.95. The van der Waals surface area contributed by atoms with Crippen molar-refractivity contribution in [3.05, 3.63) is 65.0 Å². The second kappa shape index (κ2) is 4.66. The number of hydrogen-bond acceptors (Lipinski definition) is 3. The van der Waals surface area contributed by atoms with E-state index in [1.807, 2.05) is 53.2 Å². The van der Waals surface area contributed by atoms with Crippen LogP contribution in [0, 0.1) is 0 Å². The third-order valence-corrected chi connectivity index (χ3v) is 3.72. The summed E-state index contributed by atoms with van der Waals surface area (Å²) in [6, 6.07) is 15.3. The van der Waals surface area contributed by atoms with Gasteiger partial charge in [-0.25, -0.2) is 0 Å². The van der Waals surface area contributed by atoms with E-state index >= 15 is 0 Å². The van der Waals surface area contributed by atoms with E-state index in [0.717, 1.165) is 34.6 Å². The molecule has 2 heterocycles. The lowest BCUT2D eigenvalue weighted by Gasteiger charge is -2.20. The summed E-state index contributed by atoms with van der Waals surface area (Å²) in [4.78, 5) is 11.9. The highest BCUT2D eigenvalue weighted by Gasteiger charge is 2.11. The summed E-state index contributed by atoms with van der Waals surface area (Å²) in [5.74, 6) is 0.871. The second-order valence-electron chi connectivity index (χ2n) is 5.02. The molecule has 0 fully saturated rings. The van der Waals surface area contributed by atoms with Crippen LogP contribution in [0.1, 0.15) is 0 Å². The third kappa shape index (κ3) is 1.96. The van der Waals surface area contributed by atoms with Gasteiger partial charge in [0, 0.05) is 29.9 Å². The van der Waals surface area contributed by atoms with Gasteiger partial charge in [0.25, 0.3) is 0 Å². The molecule has 0 saturated carbocycles. The van der Waals surface area contributed by atoms with Gasteiger partial charge in [0.15, 0.2) is 5.43 Å². The summed E-state index contributed by atoms with van der Waals surface area (Å²) in [6.45, 7) is 1.49. The standard InChI is InChI=1S/C17H14N2O2/c20-16-7-9-19(15-4-2-1-3-13(15)16)12-5-6-17-14(11-12)18-8-10-21-17/h1-7,9,11,18H,8,10H2. The Morgan fingerprint density at radius 3 is 2.95 bits per heavy atom. The van der Waals surface area contributed by atoms with Gasteiger partial charge < -0.3 is 14.6 Å². The van der Waals surface area contributed by atoms with Gasteiger partial charge in [0.1, 0.15) is 12.4 Å². The van der Waals surface area contributed by atoms with Crippen LogP contribution >= 0.6 is 0 Å². The first-order valence-corrected chi connectivity index (χ1v) is 6.94. The molecule has 4 heteroatoms. The first kappa shape index (κ1) is 12.0. The maximum absolute atomic E-state index is 11.9. The predicted molar refractivity (Wildman–Crippen MR) is 83.5 cm³/mol. The number of aromatic nitrogens is 1.